The van der Waals surface area contributed by atoms with Crippen LogP contribution in [0.25, 0.3) is 0 Å². The number of nitrogens with one attached hydrogen (secondary N) is 1. The Labute approximate surface area is 190 Å². The van der Waals surface area contributed by atoms with E-state index in [-0.39, 0.29) is 28.9 Å². The van der Waals surface area contributed by atoms with Crippen molar-refractivity contribution in [3.8, 4) is 0 Å². The molecule has 172 valence electrons. The Hall–Kier alpha value is -1.19. The van der Waals surface area contributed by atoms with Gasteiger partial charge in [-0.1, -0.05) is 31.9 Å². The first-order chi connectivity index (χ1) is 14.8. The van der Waals surface area contributed by atoms with Crippen molar-refractivity contribution in [2.45, 2.75) is 68.7 Å². The predicted molar refractivity (Wildman–Crippen MR) is 119 cm³/mol. The lowest BCUT2D eigenvalue weighted by atomic mass is 9.96. The Bertz CT molecular complexity index is 894. The van der Waals surface area contributed by atoms with Crippen LogP contribution in [-0.4, -0.2) is 67.6 Å². The van der Waals surface area contributed by atoms with Gasteiger partial charge in [0, 0.05) is 31.3 Å². The van der Waals surface area contributed by atoms with E-state index in [1.807, 2.05) is 4.90 Å². The Morgan fingerprint density at radius 1 is 1.26 bits per heavy atom. The van der Waals surface area contributed by atoms with Crippen LogP contribution < -0.4 is 5.32 Å². The third kappa shape index (κ3) is 4.37. The average Bonchev–Trinajstić information content (AvgIpc) is 3.37. The fraction of sp³-hybridized carbons (Fsp3) is 0.682. The Balaban J connectivity index is 1.53. The zero-order valence-electron chi connectivity index (χ0n) is 18.2. The van der Waals surface area contributed by atoms with E-state index >= 15 is 0 Å². The quantitative estimate of drug-likeness (QED) is 0.693. The van der Waals surface area contributed by atoms with Gasteiger partial charge in [0.2, 0.25) is 15.9 Å². The zero-order valence-corrected chi connectivity index (χ0v) is 19.8. The molecule has 0 radical (unpaired) electrons. The molecule has 3 atom stereocenters. The Kier molecular flexibility index (Phi) is 6.66. The number of carbonyl (C=O) groups excluding carboxylic acids is 1. The molecule has 3 aliphatic rings. The van der Waals surface area contributed by atoms with Crippen molar-refractivity contribution in [1.82, 2.24) is 14.5 Å². The van der Waals surface area contributed by atoms with Gasteiger partial charge in [0.15, 0.2) is 0 Å². The van der Waals surface area contributed by atoms with Crippen LogP contribution in [0.2, 0.25) is 5.02 Å². The molecule has 3 aliphatic heterocycles. The molecule has 1 amide bonds. The van der Waals surface area contributed by atoms with Crippen LogP contribution in [0.4, 0.5) is 0 Å². The van der Waals surface area contributed by atoms with Gasteiger partial charge in [0.05, 0.1) is 22.7 Å². The number of amides is 1. The van der Waals surface area contributed by atoms with Gasteiger partial charge in [-0.3, -0.25) is 10.1 Å². The number of halogens is 1. The van der Waals surface area contributed by atoms with Gasteiger partial charge >= 0.3 is 0 Å². The number of piperidine rings is 1. The van der Waals surface area contributed by atoms with Crippen molar-refractivity contribution in [2.75, 3.05) is 26.2 Å². The molecule has 1 spiro atoms. The fourth-order valence-corrected chi connectivity index (χ4v) is 6.52. The summed E-state index contributed by atoms with van der Waals surface area (Å²) in [4.78, 5) is 15.6. The monoisotopic (exact) mass is 469 g/mol. The smallest absolute Gasteiger partial charge is 0.243 e. The first-order valence-electron chi connectivity index (χ1n) is 11.2. The van der Waals surface area contributed by atoms with Gasteiger partial charge < -0.3 is 9.64 Å². The highest BCUT2D eigenvalue weighted by atomic mass is 35.5. The molecule has 1 aromatic carbocycles. The molecule has 0 aliphatic carbocycles. The van der Waals surface area contributed by atoms with Crippen molar-refractivity contribution in [3.63, 3.8) is 0 Å². The molecule has 0 bridgehead atoms. The molecule has 7 nitrogen and oxygen atoms in total. The highest BCUT2D eigenvalue weighted by Gasteiger charge is 2.53. The largest absolute Gasteiger partial charge is 0.376 e. The van der Waals surface area contributed by atoms with E-state index in [0.29, 0.717) is 37.5 Å². The molecule has 3 heterocycles. The highest BCUT2D eigenvalue weighted by Crippen LogP contribution is 2.37. The number of ether oxygens (including phenoxy) is 1. The Morgan fingerprint density at radius 3 is 2.52 bits per heavy atom. The summed E-state index contributed by atoms with van der Waals surface area (Å²) in [7, 11) is -3.59. The molecule has 4 rings (SSSR count). The summed E-state index contributed by atoms with van der Waals surface area (Å²) in [6.07, 6.45) is 4.08. The lowest BCUT2D eigenvalue weighted by Crippen LogP contribution is -2.60. The van der Waals surface area contributed by atoms with E-state index in [1.54, 1.807) is 24.3 Å². The molecule has 0 saturated carbocycles. The normalized spacial score (nSPS) is 27.8. The molecular weight excluding hydrogens is 438 g/mol. The summed E-state index contributed by atoms with van der Waals surface area (Å²) in [5, 5.41) is 4.14. The Morgan fingerprint density at radius 2 is 1.94 bits per heavy atom. The topological polar surface area (TPSA) is 79.0 Å². The minimum atomic E-state index is -3.59. The SMILES string of the molecule is CCC(C)C1NC2(CCN(S(=O)(=O)c3ccc(Cl)cc3)CC2)N(CC2CCCO2)C1=O. The molecular formula is C22H32ClN3O4S. The summed E-state index contributed by atoms with van der Waals surface area (Å²) < 4.78 is 33.6. The van der Waals surface area contributed by atoms with Crippen molar-refractivity contribution in [1.29, 1.82) is 0 Å². The molecule has 31 heavy (non-hydrogen) atoms. The van der Waals surface area contributed by atoms with Crippen LogP contribution in [0.15, 0.2) is 29.2 Å². The maximum atomic E-state index is 13.4. The third-order valence-corrected chi connectivity index (χ3v) is 9.26. The second-order valence-corrected chi connectivity index (χ2v) is 11.4. The predicted octanol–water partition coefficient (Wildman–Crippen LogP) is 2.85. The molecule has 3 saturated heterocycles. The van der Waals surface area contributed by atoms with E-state index in [9.17, 15) is 13.2 Å². The number of sulfonamides is 1. The van der Waals surface area contributed by atoms with Crippen molar-refractivity contribution in [2.24, 2.45) is 5.92 Å². The molecule has 1 N–H and O–H groups in total. The summed E-state index contributed by atoms with van der Waals surface area (Å²) in [6.45, 7) is 6.23. The summed E-state index contributed by atoms with van der Waals surface area (Å²) >= 11 is 5.92. The van der Waals surface area contributed by atoms with Gasteiger partial charge in [0.25, 0.3) is 0 Å². The lowest BCUT2D eigenvalue weighted by Gasteiger charge is -2.44. The highest BCUT2D eigenvalue weighted by molar-refractivity contribution is 7.89. The fourth-order valence-electron chi connectivity index (χ4n) is 4.95. The molecule has 1 aromatic rings. The number of carbonyl (C=O) groups is 1. The van der Waals surface area contributed by atoms with Gasteiger partial charge in [-0.25, -0.2) is 8.42 Å². The second-order valence-electron chi connectivity index (χ2n) is 8.98. The molecule has 3 unspecified atom stereocenters. The second kappa shape index (κ2) is 8.98. The van der Waals surface area contributed by atoms with Crippen LogP contribution in [0, 0.1) is 5.92 Å². The van der Waals surface area contributed by atoms with Crippen molar-refractivity contribution in [3.05, 3.63) is 29.3 Å². The van der Waals surface area contributed by atoms with Gasteiger partial charge in [0.1, 0.15) is 0 Å². The average molecular weight is 470 g/mol. The van der Waals surface area contributed by atoms with Gasteiger partial charge in [-0.05, 0) is 55.9 Å². The molecule has 0 aromatic heterocycles. The number of hydrogen-bond acceptors (Lipinski definition) is 5. The van der Waals surface area contributed by atoms with Gasteiger partial charge in [-0.15, -0.1) is 0 Å². The van der Waals surface area contributed by atoms with E-state index < -0.39 is 15.7 Å². The number of hydrogen-bond donors (Lipinski definition) is 1. The number of rotatable bonds is 6. The van der Waals surface area contributed by atoms with E-state index in [4.69, 9.17) is 16.3 Å². The maximum absolute atomic E-state index is 13.4. The first-order valence-corrected chi connectivity index (χ1v) is 13.0. The molecule has 3 fully saturated rings. The van der Waals surface area contributed by atoms with Crippen molar-refractivity contribution < 1.29 is 17.9 Å². The van der Waals surface area contributed by atoms with Crippen LogP contribution in [0.5, 0.6) is 0 Å². The van der Waals surface area contributed by atoms with Crippen LogP contribution >= 0.6 is 11.6 Å². The molecule has 9 heteroatoms. The standard InChI is InChI=1S/C22H32ClN3O4S/c1-3-16(2)20-21(27)26(15-18-5-4-14-30-18)22(24-20)10-12-25(13-11-22)31(28,29)19-8-6-17(23)7-9-19/h6-9,16,18,20,24H,3-5,10-15H2,1-2H3. The summed E-state index contributed by atoms with van der Waals surface area (Å²) in [6, 6.07) is 6.05. The van der Waals surface area contributed by atoms with Crippen LogP contribution in [-0.2, 0) is 19.6 Å². The minimum absolute atomic E-state index is 0.0640. The minimum Gasteiger partial charge on any atom is -0.376 e. The van der Waals surface area contributed by atoms with E-state index in [2.05, 4.69) is 19.2 Å². The van der Waals surface area contributed by atoms with E-state index in [1.165, 1.54) is 4.31 Å². The van der Waals surface area contributed by atoms with Crippen molar-refractivity contribution >= 4 is 27.5 Å². The summed E-state index contributed by atoms with van der Waals surface area (Å²) in [5.41, 5.74) is -0.511. The summed E-state index contributed by atoms with van der Waals surface area (Å²) in [5.74, 6) is 0.341. The zero-order chi connectivity index (χ0) is 22.2. The van der Waals surface area contributed by atoms with Crippen LogP contribution in [0.1, 0.15) is 46.0 Å². The first kappa shape index (κ1) is 23.0. The number of benzene rings is 1. The van der Waals surface area contributed by atoms with Gasteiger partial charge in [-0.2, -0.15) is 4.31 Å². The maximum Gasteiger partial charge on any atom is 0.243 e. The lowest BCUT2D eigenvalue weighted by molar-refractivity contribution is -0.135. The van der Waals surface area contributed by atoms with Crippen LogP contribution in [0.3, 0.4) is 0 Å². The number of nitrogens with zero attached hydrogens (tertiary/aromatic N) is 2. The third-order valence-electron chi connectivity index (χ3n) is 7.10. The van der Waals surface area contributed by atoms with E-state index in [0.717, 1.165) is 25.9 Å².